The average Bonchev–Trinajstić information content (AvgIpc) is 3.17. The zero-order valence-electron chi connectivity index (χ0n) is 17.0. The molecule has 0 saturated carbocycles. The van der Waals surface area contributed by atoms with Gasteiger partial charge in [0.1, 0.15) is 11.4 Å². The molecule has 0 amide bonds. The second kappa shape index (κ2) is 8.57. The van der Waals surface area contributed by atoms with E-state index in [1.807, 2.05) is 36.4 Å². The first-order chi connectivity index (χ1) is 14.8. The van der Waals surface area contributed by atoms with Crippen molar-refractivity contribution in [3.05, 3.63) is 89.3 Å². The summed E-state index contributed by atoms with van der Waals surface area (Å²) in [5.41, 5.74) is 3.20. The van der Waals surface area contributed by atoms with Gasteiger partial charge >= 0.3 is 0 Å². The van der Waals surface area contributed by atoms with Crippen molar-refractivity contribution in [2.45, 2.75) is 11.3 Å². The predicted molar refractivity (Wildman–Crippen MR) is 121 cm³/mol. The van der Waals surface area contributed by atoms with Crippen LogP contribution in [-0.2, 0) is 16.3 Å². The molecule has 0 aliphatic heterocycles. The molecule has 4 aromatic rings. The summed E-state index contributed by atoms with van der Waals surface area (Å²) in [6.45, 7) is 0. The summed E-state index contributed by atoms with van der Waals surface area (Å²) in [6, 6.07) is 21.9. The van der Waals surface area contributed by atoms with Crippen LogP contribution >= 0.6 is 11.6 Å². The third kappa shape index (κ3) is 4.65. The molecule has 0 radical (unpaired) electrons. The first-order valence-electron chi connectivity index (χ1n) is 9.53. The second-order valence-electron chi connectivity index (χ2n) is 7.09. The Balaban J connectivity index is 1.81. The quantitative estimate of drug-likeness (QED) is 0.376. The van der Waals surface area contributed by atoms with Crippen molar-refractivity contribution in [3.63, 3.8) is 0 Å². The molecule has 1 heterocycles. The molecule has 0 aliphatic rings. The molecular weight excluding hydrogens is 434 g/mol. The van der Waals surface area contributed by atoms with Gasteiger partial charge in [0.25, 0.3) is 0 Å². The van der Waals surface area contributed by atoms with Crippen molar-refractivity contribution in [2.24, 2.45) is 0 Å². The molecule has 0 spiro atoms. The molecule has 0 fully saturated rings. The zero-order valence-corrected chi connectivity index (χ0v) is 18.6. The predicted octanol–water partition coefficient (Wildman–Crippen LogP) is 5.66. The Hall–Kier alpha value is -3.09. The van der Waals surface area contributed by atoms with Crippen LogP contribution in [0.2, 0.25) is 5.02 Å². The average molecular weight is 454 g/mol. The molecule has 0 N–H and O–H groups in total. The smallest absolute Gasteiger partial charge is 0.199 e. The SMILES string of the molecule is COc1ccc(-c2nc(Cc3ccccc3)oc2-c2ccc(S(C)(=O)=O)cc2)cc1Cl. The molecule has 1 aromatic heterocycles. The summed E-state index contributed by atoms with van der Waals surface area (Å²) >= 11 is 6.34. The van der Waals surface area contributed by atoms with Gasteiger partial charge in [-0.05, 0) is 48.0 Å². The monoisotopic (exact) mass is 453 g/mol. The highest BCUT2D eigenvalue weighted by atomic mass is 35.5. The molecule has 0 aliphatic carbocycles. The van der Waals surface area contributed by atoms with Crippen LogP contribution in [0.5, 0.6) is 5.75 Å². The van der Waals surface area contributed by atoms with E-state index < -0.39 is 9.84 Å². The maximum absolute atomic E-state index is 11.8. The molecule has 0 saturated heterocycles. The van der Waals surface area contributed by atoms with Gasteiger partial charge in [0, 0.05) is 23.8 Å². The molecule has 31 heavy (non-hydrogen) atoms. The Morgan fingerprint density at radius 2 is 1.65 bits per heavy atom. The number of rotatable bonds is 6. The Labute approximate surface area is 186 Å². The number of benzene rings is 3. The van der Waals surface area contributed by atoms with Gasteiger partial charge in [-0.25, -0.2) is 13.4 Å². The second-order valence-corrected chi connectivity index (χ2v) is 9.52. The van der Waals surface area contributed by atoms with Crippen LogP contribution in [-0.4, -0.2) is 26.8 Å². The Morgan fingerprint density at radius 3 is 2.26 bits per heavy atom. The van der Waals surface area contributed by atoms with Gasteiger partial charge in [0.05, 0.1) is 17.0 Å². The van der Waals surface area contributed by atoms with E-state index in [0.29, 0.717) is 34.5 Å². The van der Waals surface area contributed by atoms with E-state index in [2.05, 4.69) is 0 Å². The standard InChI is InChI=1S/C24H20ClNO4S/c1-29-21-13-10-18(15-20(21)25)23-24(17-8-11-19(12-9-17)31(2,27)28)30-22(26-23)14-16-6-4-3-5-7-16/h3-13,15H,14H2,1-2H3. The maximum Gasteiger partial charge on any atom is 0.199 e. The minimum atomic E-state index is -3.29. The molecule has 5 nitrogen and oxygen atoms in total. The van der Waals surface area contributed by atoms with Gasteiger partial charge in [-0.15, -0.1) is 0 Å². The van der Waals surface area contributed by atoms with Crippen molar-refractivity contribution in [2.75, 3.05) is 13.4 Å². The van der Waals surface area contributed by atoms with Crippen LogP contribution in [0.1, 0.15) is 11.5 Å². The van der Waals surface area contributed by atoms with Gasteiger partial charge < -0.3 is 9.15 Å². The Kier molecular flexibility index (Phi) is 5.85. The fourth-order valence-electron chi connectivity index (χ4n) is 3.27. The number of sulfone groups is 1. The number of halogens is 1. The molecule has 0 atom stereocenters. The van der Waals surface area contributed by atoms with Crippen molar-refractivity contribution in [1.29, 1.82) is 0 Å². The van der Waals surface area contributed by atoms with E-state index in [4.69, 9.17) is 25.7 Å². The summed E-state index contributed by atoms with van der Waals surface area (Å²) in [6.07, 6.45) is 1.71. The molecule has 4 rings (SSSR count). The van der Waals surface area contributed by atoms with Crippen LogP contribution in [0.15, 0.2) is 82.1 Å². The maximum atomic E-state index is 11.8. The van der Waals surface area contributed by atoms with Crippen molar-refractivity contribution >= 4 is 21.4 Å². The number of ether oxygens (including phenoxy) is 1. The minimum absolute atomic E-state index is 0.245. The molecule has 0 unspecified atom stereocenters. The first-order valence-corrected chi connectivity index (χ1v) is 11.8. The van der Waals surface area contributed by atoms with Gasteiger partial charge in [-0.3, -0.25) is 0 Å². The van der Waals surface area contributed by atoms with E-state index in [9.17, 15) is 8.42 Å². The van der Waals surface area contributed by atoms with Crippen LogP contribution in [0, 0.1) is 0 Å². The molecule has 7 heteroatoms. The lowest BCUT2D eigenvalue weighted by Gasteiger charge is -2.06. The highest BCUT2D eigenvalue weighted by Gasteiger charge is 2.19. The Morgan fingerprint density at radius 1 is 0.968 bits per heavy atom. The van der Waals surface area contributed by atoms with Crippen molar-refractivity contribution in [1.82, 2.24) is 4.98 Å². The number of hydrogen-bond acceptors (Lipinski definition) is 5. The third-order valence-corrected chi connectivity index (χ3v) is 6.26. The van der Waals surface area contributed by atoms with E-state index >= 15 is 0 Å². The summed E-state index contributed by atoms with van der Waals surface area (Å²) < 4.78 is 35.0. The number of hydrogen-bond donors (Lipinski definition) is 0. The molecule has 158 valence electrons. The van der Waals surface area contributed by atoms with Crippen LogP contribution in [0.4, 0.5) is 0 Å². The summed E-state index contributed by atoms with van der Waals surface area (Å²) in [5.74, 6) is 1.67. The molecule has 3 aromatic carbocycles. The van der Waals surface area contributed by atoms with Gasteiger partial charge in [-0.2, -0.15) is 0 Å². The van der Waals surface area contributed by atoms with Crippen LogP contribution in [0.3, 0.4) is 0 Å². The fourth-order valence-corrected chi connectivity index (χ4v) is 4.16. The summed E-state index contributed by atoms with van der Waals surface area (Å²) in [4.78, 5) is 4.98. The number of methoxy groups -OCH3 is 1. The number of nitrogens with zero attached hydrogens (tertiary/aromatic N) is 1. The highest BCUT2D eigenvalue weighted by molar-refractivity contribution is 7.90. The zero-order chi connectivity index (χ0) is 22.0. The first kappa shape index (κ1) is 21.2. The van der Waals surface area contributed by atoms with Crippen molar-refractivity contribution in [3.8, 4) is 28.3 Å². The highest BCUT2D eigenvalue weighted by Crippen LogP contribution is 2.37. The Bertz CT molecular complexity index is 1310. The molecular formula is C24H20ClNO4S. The van der Waals surface area contributed by atoms with E-state index in [-0.39, 0.29) is 4.90 Å². The lowest BCUT2D eigenvalue weighted by Crippen LogP contribution is -1.96. The van der Waals surface area contributed by atoms with Crippen LogP contribution < -0.4 is 4.74 Å². The lowest BCUT2D eigenvalue weighted by molar-refractivity contribution is 0.415. The fraction of sp³-hybridized carbons (Fsp3) is 0.125. The third-order valence-electron chi connectivity index (χ3n) is 4.84. The summed E-state index contributed by atoms with van der Waals surface area (Å²) in [5, 5.41) is 0.464. The van der Waals surface area contributed by atoms with E-state index in [1.165, 1.54) is 6.26 Å². The van der Waals surface area contributed by atoms with E-state index in [0.717, 1.165) is 16.7 Å². The van der Waals surface area contributed by atoms with Gasteiger partial charge in [-0.1, -0.05) is 41.9 Å². The minimum Gasteiger partial charge on any atom is -0.495 e. The van der Waals surface area contributed by atoms with Crippen LogP contribution in [0.25, 0.3) is 22.6 Å². The van der Waals surface area contributed by atoms with E-state index in [1.54, 1.807) is 43.5 Å². The molecule has 0 bridgehead atoms. The van der Waals surface area contributed by atoms with Crippen molar-refractivity contribution < 1.29 is 17.6 Å². The number of oxazole rings is 1. The number of aromatic nitrogens is 1. The van der Waals surface area contributed by atoms with Gasteiger partial charge in [0.2, 0.25) is 0 Å². The summed E-state index contributed by atoms with van der Waals surface area (Å²) in [7, 11) is -1.73. The largest absolute Gasteiger partial charge is 0.495 e. The normalized spacial score (nSPS) is 11.5. The van der Waals surface area contributed by atoms with Gasteiger partial charge in [0.15, 0.2) is 21.5 Å². The lowest BCUT2D eigenvalue weighted by atomic mass is 10.1. The topological polar surface area (TPSA) is 69.4 Å².